The van der Waals surface area contributed by atoms with Gasteiger partial charge < -0.3 is 43.2 Å². The number of nitrogens with two attached hydrogens (primary N) is 2. The zero-order valence-corrected chi connectivity index (χ0v) is 25.1. The van der Waals surface area contributed by atoms with Gasteiger partial charge in [-0.1, -0.05) is 44.2 Å². The Morgan fingerprint density at radius 3 is 2.17 bits per heavy atom. The molecule has 1 aromatic rings. The Labute approximate surface area is 250 Å². The number of carbonyl (C=O) groups excluding carboxylic acids is 4. The van der Waals surface area contributed by atoms with E-state index in [0.29, 0.717) is 18.6 Å². The molecule has 234 valence electrons. The summed E-state index contributed by atoms with van der Waals surface area (Å²) in [7, 11) is 0. The molecule has 15 heteroatoms. The lowest BCUT2D eigenvalue weighted by Crippen LogP contribution is -2.56. The number of carboxylic acid groups (broad SMARTS) is 1. The number of hydrogen-bond donors (Lipinski definition) is 9. The summed E-state index contributed by atoms with van der Waals surface area (Å²) in [5.74, 6) is -3.67. The maximum atomic E-state index is 13.0. The van der Waals surface area contributed by atoms with E-state index in [0.717, 1.165) is 5.56 Å². The smallest absolute Gasteiger partial charge is 0.326 e. The van der Waals surface area contributed by atoms with E-state index in [9.17, 15) is 29.1 Å². The Morgan fingerprint density at radius 2 is 1.60 bits per heavy atom. The first-order chi connectivity index (χ1) is 19.8. The molecule has 1 rings (SSSR count). The van der Waals surface area contributed by atoms with Gasteiger partial charge in [0, 0.05) is 13.0 Å². The highest BCUT2D eigenvalue weighted by Crippen LogP contribution is 2.07. The zero-order valence-electron chi connectivity index (χ0n) is 24.3. The molecule has 0 fully saturated rings. The minimum Gasteiger partial charge on any atom is -0.480 e. The molecule has 0 radical (unpaired) electrons. The summed E-state index contributed by atoms with van der Waals surface area (Å²) in [5, 5.41) is 29.5. The molecule has 1 aromatic carbocycles. The van der Waals surface area contributed by atoms with E-state index in [2.05, 4.69) is 26.6 Å². The van der Waals surface area contributed by atoms with Crippen molar-refractivity contribution in [2.24, 2.45) is 17.4 Å². The first-order valence-corrected chi connectivity index (χ1v) is 15.0. The summed E-state index contributed by atoms with van der Waals surface area (Å²) in [6.07, 6.45) is 2.95. The molecule has 0 spiro atoms. The third kappa shape index (κ3) is 14.2. The molecule has 0 aliphatic heterocycles. The number of thioether (sulfide) groups is 1. The van der Waals surface area contributed by atoms with Gasteiger partial charge in [0.1, 0.15) is 18.1 Å². The highest BCUT2D eigenvalue weighted by Gasteiger charge is 2.29. The second kappa shape index (κ2) is 19.3. The van der Waals surface area contributed by atoms with Gasteiger partial charge in [0.15, 0.2) is 5.96 Å². The molecule has 0 heterocycles. The van der Waals surface area contributed by atoms with Crippen LogP contribution < -0.4 is 38.1 Å². The maximum absolute atomic E-state index is 13.0. The normalized spacial score (nSPS) is 13.6. The van der Waals surface area contributed by atoms with Crippen molar-refractivity contribution in [2.45, 2.75) is 63.7 Å². The van der Waals surface area contributed by atoms with Crippen molar-refractivity contribution in [2.75, 3.05) is 25.1 Å². The number of rotatable bonds is 19. The van der Waals surface area contributed by atoms with Crippen molar-refractivity contribution < 1.29 is 29.1 Å². The Bertz CT molecular complexity index is 1060. The number of hydrogen-bond acceptors (Lipinski definition) is 8. The molecular weight excluding hydrogens is 564 g/mol. The van der Waals surface area contributed by atoms with Crippen LogP contribution in [0.4, 0.5) is 0 Å². The summed E-state index contributed by atoms with van der Waals surface area (Å²) < 4.78 is 0. The first-order valence-electron chi connectivity index (χ1n) is 13.6. The van der Waals surface area contributed by atoms with Gasteiger partial charge in [-0.05, 0) is 42.8 Å². The van der Waals surface area contributed by atoms with Gasteiger partial charge in [0.05, 0.1) is 12.6 Å². The zero-order chi connectivity index (χ0) is 31.7. The highest BCUT2D eigenvalue weighted by atomic mass is 32.2. The van der Waals surface area contributed by atoms with Gasteiger partial charge in [0.25, 0.3) is 0 Å². The van der Waals surface area contributed by atoms with Crippen LogP contribution in [0.2, 0.25) is 0 Å². The average molecular weight is 609 g/mol. The molecule has 0 aliphatic carbocycles. The van der Waals surface area contributed by atoms with Crippen LogP contribution in [0.1, 0.15) is 38.7 Å². The monoisotopic (exact) mass is 608 g/mol. The van der Waals surface area contributed by atoms with E-state index in [1.807, 2.05) is 6.26 Å². The van der Waals surface area contributed by atoms with E-state index in [1.54, 1.807) is 44.2 Å². The van der Waals surface area contributed by atoms with Crippen LogP contribution in [0, 0.1) is 11.3 Å². The van der Waals surface area contributed by atoms with Crippen molar-refractivity contribution in [3.8, 4) is 0 Å². The van der Waals surface area contributed by atoms with E-state index in [4.69, 9.17) is 16.9 Å². The number of guanidine groups is 1. The average Bonchev–Trinajstić information content (AvgIpc) is 2.94. The number of carbonyl (C=O) groups is 5. The van der Waals surface area contributed by atoms with E-state index in [-0.39, 0.29) is 25.3 Å². The number of carboxylic acids is 1. The molecule has 4 amide bonds. The lowest BCUT2D eigenvalue weighted by molar-refractivity contribution is -0.143. The van der Waals surface area contributed by atoms with Gasteiger partial charge in [-0.25, -0.2) is 4.79 Å². The van der Waals surface area contributed by atoms with Crippen LogP contribution in [0.15, 0.2) is 30.3 Å². The minimum atomic E-state index is -1.20. The molecule has 42 heavy (non-hydrogen) atoms. The van der Waals surface area contributed by atoms with E-state index in [1.165, 1.54) is 11.8 Å². The van der Waals surface area contributed by atoms with Crippen molar-refractivity contribution in [3.05, 3.63) is 35.9 Å². The summed E-state index contributed by atoms with van der Waals surface area (Å²) in [6, 6.07) is 4.78. The standard InChI is InChI=1S/C27H44N8O6S/c1-16(2)22(26(40)41)35-25(39)20(14-17-8-5-4-6-9-17)33-21(36)15-32-24(38)19(10-7-12-31-27(29)30)34-23(37)18(28)11-13-42-3/h4-6,8-9,16,18-20,22H,7,10-15,28H2,1-3H3,(H,32,38)(H,33,36)(H,34,37)(H,35,39)(H,40,41)(H4,29,30,31)/t18-,19-,20-,22-/m0/s1. The van der Waals surface area contributed by atoms with Crippen molar-refractivity contribution in [1.82, 2.24) is 26.6 Å². The summed E-state index contributed by atoms with van der Waals surface area (Å²) in [6.45, 7) is 3.10. The Morgan fingerprint density at radius 1 is 0.929 bits per heavy atom. The number of nitrogens with one attached hydrogen (secondary N) is 6. The van der Waals surface area contributed by atoms with Crippen LogP contribution in [-0.4, -0.2) is 89.9 Å². The number of aliphatic carboxylic acids is 1. The molecule has 14 nitrogen and oxygen atoms in total. The third-order valence-corrected chi connectivity index (χ3v) is 6.82. The second-order valence-corrected chi connectivity index (χ2v) is 11.0. The Kier molecular flexibility index (Phi) is 16.6. The van der Waals surface area contributed by atoms with Gasteiger partial charge in [0.2, 0.25) is 23.6 Å². The number of benzene rings is 1. The molecule has 0 aromatic heterocycles. The first kappa shape index (κ1) is 36.2. The molecule has 0 bridgehead atoms. The molecule has 0 saturated heterocycles. The van der Waals surface area contributed by atoms with E-state index < -0.39 is 66.2 Å². The molecule has 0 saturated carbocycles. The summed E-state index contributed by atoms with van der Waals surface area (Å²) in [4.78, 5) is 63.0. The molecular formula is C27H44N8O6S. The summed E-state index contributed by atoms with van der Waals surface area (Å²) in [5.41, 5.74) is 12.0. The van der Waals surface area contributed by atoms with Crippen molar-refractivity contribution in [1.29, 1.82) is 5.41 Å². The highest BCUT2D eigenvalue weighted by molar-refractivity contribution is 7.98. The van der Waals surface area contributed by atoms with Gasteiger partial charge in [-0.2, -0.15) is 11.8 Å². The molecule has 0 unspecified atom stereocenters. The Balaban J connectivity index is 2.91. The SMILES string of the molecule is CSCC[C@H](N)C(=O)N[C@@H](CCCNC(=N)N)C(=O)NCC(=O)N[C@@H](Cc1ccccc1)C(=O)N[C@H](C(=O)O)C(C)C. The van der Waals surface area contributed by atoms with Crippen LogP contribution in [0.3, 0.4) is 0 Å². The Hall–Kier alpha value is -3.85. The van der Waals surface area contributed by atoms with Crippen LogP contribution in [0.25, 0.3) is 0 Å². The fraction of sp³-hybridized carbons (Fsp3) is 0.556. The third-order valence-electron chi connectivity index (χ3n) is 6.18. The predicted octanol–water partition coefficient (Wildman–Crippen LogP) is -1.12. The van der Waals surface area contributed by atoms with Gasteiger partial charge >= 0.3 is 5.97 Å². The molecule has 0 aliphatic rings. The lowest BCUT2D eigenvalue weighted by atomic mass is 10.0. The van der Waals surface area contributed by atoms with Crippen LogP contribution >= 0.6 is 11.8 Å². The van der Waals surface area contributed by atoms with Gasteiger partial charge in [-0.3, -0.25) is 24.6 Å². The maximum Gasteiger partial charge on any atom is 0.326 e. The largest absolute Gasteiger partial charge is 0.480 e. The summed E-state index contributed by atoms with van der Waals surface area (Å²) >= 11 is 1.53. The van der Waals surface area contributed by atoms with Crippen LogP contribution in [0.5, 0.6) is 0 Å². The van der Waals surface area contributed by atoms with Crippen LogP contribution in [-0.2, 0) is 30.4 Å². The molecule has 11 N–H and O–H groups in total. The predicted molar refractivity (Wildman–Crippen MR) is 162 cm³/mol. The van der Waals surface area contributed by atoms with Gasteiger partial charge in [-0.15, -0.1) is 0 Å². The lowest BCUT2D eigenvalue weighted by Gasteiger charge is -2.24. The minimum absolute atomic E-state index is 0.0898. The topological polar surface area (TPSA) is 242 Å². The van der Waals surface area contributed by atoms with E-state index >= 15 is 0 Å². The fourth-order valence-corrected chi connectivity index (χ4v) is 4.30. The fourth-order valence-electron chi connectivity index (χ4n) is 3.82. The van der Waals surface area contributed by atoms with Crippen molar-refractivity contribution in [3.63, 3.8) is 0 Å². The second-order valence-electron chi connectivity index (χ2n) is 10.0. The molecule has 4 atom stereocenters. The van der Waals surface area contributed by atoms with Crippen molar-refractivity contribution >= 4 is 47.3 Å². The quantitative estimate of drug-likeness (QED) is 0.0520. The number of amides is 4.